The predicted molar refractivity (Wildman–Crippen MR) is 226 cm³/mol. The van der Waals surface area contributed by atoms with Gasteiger partial charge >= 0.3 is 0 Å². The standard InChI is InChI=1S/C50H32N6/c1-4-13-35(14-5-1)43-29-27-37-26-28-41-42(32-45(36-15-6-2-7-16-36)53-47(41)46(37)52-43)34-24-22-33(23-25-34)39-19-12-20-40(31-39)49-54-48(38-17-8-3-9-18-38)55-50(56-49)44-21-10-11-30-51-44/h1-32H. The lowest BCUT2D eigenvalue weighted by Gasteiger charge is -2.14. The van der Waals surface area contributed by atoms with Gasteiger partial charge in [-0.2, -0.15) is 0 Å². The van der Waals surface area contributed by atoms with E-state index in [0.29, 0.717) is 23.2 Å². The Labute approximate surface area is 324 Å². The molecule has 10 rings (SSSR count). The average Bonchev–Trinajstić information content (AvgIpc) is 3.29. The molecule has 4 aromatic heterocycles. The minimum absolute atomic E-state index is 0.530. The fourth-order valence-corrected chi connectivity index (χ4v) is 7.15. The van der Waals surface area contributed by atoms with Crippen LogP contribution in [-0.2, 0) is 0 Å². The number of nitrogens with zero attached hydrogens (tertiary/aromatic N) is 6. The van der Waals surface area contributed by atoms with Crippen LogP contribution >= 0.6 is 0 Å². The molecular weight excluding hydrogens is 685 g/mol. The fourth-order valence-electron chi connectivity index (χ4n) is 7.15. The van der Waals surface area contributed by atoms with Crippen molar-refractivity contribution in [3.8, 4) is 79.1 Å². The second kappa shape index (κ2) is 14.3. The van der Waals surface area contributed by atoms with Crippen molar-refractivity contribution in [2.45, 2.75) is 0 Å². The molecule has 4 heterocycles. The quantitative estimate of drug-likeness (QED) is 0.153. The van der Waals surface area contributed by atoms with Gasteiger partial charge in [0.2, 0.25) is 0 Å². The van der Waals surface area contributed by atoms with Crippen molar-refractivity contribution in [2.75, 3.05) is 0 Å². The van der Waals surface area contributed by atoms with Gasteiger partial charge in [-0.1, -0.05) is 158 Å². The zero-order valence-corrected chi connectivity index (χ0v) is 30.2. The SMILES string of the molecule is c1ccc(-c2ccc3ccc4c(-c5ccc(-c6cccc(-c7nc(-c8ccccc8)nc(-c8ccccn8)n7)c6)cc5)cc(-c5ccccc5)nc4c3n2)cc1. The summed E-state index contributed by atoms with van der Waals surface area (Å²) in [6, 6.07) is 64.2. The van der Waals surface area contributed by atoms with Crippen LogP contribution in [0.15, 0.2) is 194 Å². The first-order valence-electron chi connectivity index (χ1n) is 18.5. The number of hydrogen-bond donors (Lipinski definition) is 0. The molecule has 0 spiro atoms. The van der Waals surface area contributed by atoms with Crippen molar-refractivity contribution in [2.24, 2.45) is 0 Å². The second-order valence-electron chi connectivity index (χ2n) is 13.6. The van der Waals surface area contributed by atoms with Crippen LogP contribution < -0.4 is 0 Å². The first-order chi connectivity index (χ1) is 27.7. The molecule has 0 saturated carbocycles. The summed E-state index contributed by atoms with van der Waals surface area (Å²) in [5.74, 6) is 1.72. The highest BCUT2D eigenvalue weighted by molar-refractivity contribution is 6.09. The molecule has 0 aliphatic heterocycles. The zero-order valence-electron chi connectivity index (χ0n) is 30.2. The molecule has 0 atom stereocenters. The first-order valence-corrected chi connectivity index (χ1v) is 18.5. The third-order valence-electron chi connectivity index (χ3n) is 9.99. The Bertz CT molecular complexity index is 2930. The summed E-state index contributed by atoms with van der Waals surface area (Å²) in [6.07, 6.45) is 1.75. The maximum Gasteiger partial charge on any atom is 0.182 e. The average molecular weight is 717 g/mol. The van der Waals surface area contributed by atoms with E-state index in [0.717, 1.165) is 77.7 Å². The summed E-state index contributed by atoms with van der Waals surface area (Å²) >= 11 is 0. The molecule has 0 saturated heterocycles. The van der Waals surface area contributed by atoms with E-state index in [-0.39, 0.29) is 0 Å². The molecule has 0 aliphatic rings. The highest BCUT2D eigenvalue weighted by Crippen LogP contribution is 2.37. The lowest BCUT2D eigenvalue weighted by atomic mass is 9.95. The van der Waals surface area contributed by atoms with Gasteiger partial charge in [-0.3, -0.25) is 4.98 Å². The number of rotatable bonds is 7. The lowest BCUT2D eigenvalue weighted by molar-refractivity contribution is 1.06. The van der Waals surface area contributed by atoms with Gasteiger partial charge in [0.1, 0.15) is 5.69 Å². The van der Waals surface area contributed by atoms with Crippen LogP contribution in [0.2, 0.25) is 0 Å². The molecule has 0 bridgehead atoms. The Hall–Kier alpha value is -7.70. The minimum atomic E-state index is 0.530. The molecule has 10 aromatic rings. The molecule has 0 unspecified atom stereocenters. The molecular formula is C50H32N6. The van der Waals surface area contributed by atoms with Crippen LogP contribution in [0, 0.1) is 0 Å². The Kier molecular flexibility index (Phi) is 8.39. The van der Waals surface area contributed by atoms with Crippen LogP contribution in [0.3, 0.4) is 0 Å². The Morgan fingerprint density at radius 3 is 1.57 bits per heavy atom. The maximum absolute atomic E-state index is 5.27. The molecule has 0 amide bonds. The largest absolute Gasteiger partial charge is 0.253 e. The summed E-state index contributed by atoms with van der Waals surface area (Å²) in [4.78, 5) is 29.6. The van der Waals surface area contributed by atoms with Gasteiger partial charge in [-0.25, -0.2) is 24.9 Å². The van der Waals surface area contributed by atoms with E-state index in [2.05, 4.69) is 114 Å². The van der Waals surface area contributed by atoms with Crippen molar-refractivity contribution in [1.29, 1.82) is 0 Å². The van der Waals surface area contributed by atoms with Crippen molar-refractivity contribution >= 4 is 21.8 Å². The van der Waals surface area contributed by atoms with Gasteiger partial charge in [-0.15, -0.1) is 0 Å². The summed E-state index contributed by atoms with van der Waals surface area (Å²) in [5.41, 5.74) is 12.6. The van der Waals surface area contributed by atoms with E-state index in [1.165, 1.54) is 0 Å². The van der Waals surface area contributed by atoms with E-state index >= 15 is 0 Å². The Morgan fingerprint density at radius 1 is 0.286 bits per heavy atom. The Morgan fingerprint density at radius 2 is 0.857 bits per heavy atom. The van der Waals surface area contributed by atoms with Crippen LogP contribution in [0.25, 0.3) is 101 Å². The minimum Gasteiger partial charge on any atom is -0.253 e. The molecule has 0 N–H and O–H groups in total. The molecule has 6 nitrogen and oxygen atoms in total. The molecule has 56 heavy (non-hydrogen) atoms. The predicted octanol–water partition coefficient (Wildman–Crippen LogP) is 12.0. The highest BCUT2D eigenvalue weighted by Gasteiger charge is 2.16. The smallest absolute Gasteiger partial charge is 0.182 e. The van der Waals surface area contributed by atoms with Gasteiger partial charge in [0.25, 0.3) is 0 Å². The van der Waals surface area contributed by atoms with Crippen LogP contribution in [-0.4, -0.2) is 29.9 Å². The fraction of sp³-hybridized carbons (Fsp3) is 0. The third-order valence-corrected chi connectivity index (χ3v) is 9.99. The maximum atomic E-state index is 5.27. The highest BCUT2D eigenvalue weighted by atomic mass is 15.0. The van der Waals surface area contributed by atoms with Crippen molar-refractivity contribution in [1.82, 2.24) is 29.9 Å². The summed E-state index contributed by atoms with van der Waals surface area (Å²) < 4.78 is 0. The number of aromatic nitrogens is 6. The normalized spacial score (nSPS) is 11.2. The summed E-state index contributed by atoms with van der Waals surface area (Å²) in [6.45, 7) is 0. The molecule has 6 heteroatoms. The van der Waals surface area contributed by atoms with Gasteiger partial charge < -0.3 is 0 Å². The number of fused-ring (bicyclic) bond motifs is 3. The van der Waals surface area contributed by atoms with Gasteiger partial charge in [-0.05, 0) is 52.6 Å². The van der Waals surface area contributed by atoms with E-state index in [9.17, 15) is 0 Å². The summed E-state index contributed by atoms with van der Waals surface area (Å²) in [5, 5.41) is 2.11. The van der Waals surface area contributed by atoms with Gasteiger partial charge in [0, 0.05) is 39.2 Å². The van der Waals surface area contributed by atoms with E-state index in [1.54, 1.807) is 6.20 Å². The molecule has 0 radical (unpaired) electrons. The third kappa shape index (κ3) is 6.35. The monoisotopic (exact) mass is 716 g/mol. The van der Waals surface area contributed by atoms with Crippen molar-refractivity contribution < 1.29 is 0 Å². The van der Waals surface area contributed by atoms with Crippen LogP contribution in [0.4, 0.5) is 0 Å². The van der Waals surface area contributed by atoms with E-state index in [1.807, 2.05) is 78.9 Å². The molecule has 262 valence electrons. The zero-order chi connectivity index (χ0) is 37.3. The van der Waals surface area contributed by atoms with E-state index in [4.69, 9.17) is 24.9 Å². The van der Waals surface area contributed by atoms with Gasteiger partial charge in [0.15, 0.2) is 17.5 Å². The number of benzene rings is 6. The van der Waals surface area contributed by atoms with Crippen LogP contribution in [0.5, 0.6) is 0 Å². The Balaban J connectivity index is 1.06. The summed E-state index contributed by atoms with van der Waals surface area (Å²) in [7, 11) is 0. The number of hydrogen-bond acceptors (Lipinski definition) is 6. The number of pyridine rings is 3. The molecule has 6 aromatic carbocycles. The van der Waals surface area contributed by atoms with Gasteiger partial charge in [0.05, 0.1) is 22.4 Å². The van der Waals surface area contributed by atoms with Crippen molar-refractivity contribution in [3.63, 3.8) is 0 Å². The second-order valence-corrected chi connectivity index (χ2v) is 13.6. The van der Waals surface area contributed by atoms with Crippen LogP contribution in [0.1, 0.15) is 0 Å². The first kappa shape index (κ1) is 32.9. The molecule has 0 aliphatic carbocycles. The lowest BCUT2D eigenvalue weighted by Crippen LogP contribution is -2.01. The van der Waals surface area contributed by atoms with E-state index < -0.39 is 0 Å². The topological polar surface area (TPSA) is 77.3 Å². The molecule has 0 fully saturated rings. The van der Waals surface area contributed by atoms with Crippen molar-refractivity contribution in [3.05, 3.63) is 194 Å².